The monoisotopic (exact) mass is 860 g/mol. The highest BCUT2D eigenvalue weighted by atomic mass is 28.3. The van der Waals surface area contributed by atoms with Gasteiger partial charge in [-0.1, -0.05) is 171 Å². The van der Waals surface area contributed by atoms with Crippen LogP contribution in [0.3, 0.4) is 0 Å². The number of para-hydroxylation sites is 4. The molecule has 0 fully saturated rings. The minimum Gasteiger partial charge on any atom is -0.454 e. The first kappa shape index (κ1) is 38.3. The van der Waals surface area contributed by atoms with Crippen molar-refractivity contribution in [2.45, 2.75) is 13.1 Å². The molecule has 3 nitrogen and oxygen atoms in total. The average Bonchev–Trinajstić information content (AvgIpc) is 3.77. The van der Waals surface area contributed by atoms with Crippen LogP contribution in [0.1, 0.15) is 0 Å². The molecule has 0 radical (unpaired) electrons. The zero-order valence-electron chi connectivity index (χ0n) is 36.7. The molecular formula is C62H44N2OSi. The fourth-order valence-electron chi connectivity index (χ4n) is 10.9. The number of fused-ring (bicyclic) bond motifs is 9. The van der Waals surface area contributed by atoms with E-state index in [-0.39, 0.29) is 0 Å². The summed E-state index contributed by atoms with van der Waals surface area (Å²) in [5.41, 5.74) is 13.5. The van der Waals surface area contributed by atoms with E-state index in [2.05, 4.69) is 247 Å². The number of hydrogen-bond acceptors (Lipinski definition) is 3. The minimum absolute atomic E-state index is 0.889. The molecule has 312 valence electrons. The third-order valence-electron chi connectivity index (χ3n) is 14.0. The van der Waals surface area contributed by atoms with Crippen LogP contribution in [0.25, 0.3) is 76.5 Å². The Balaban J connectivity index is 1.02. The second-order valence-corrected chi connectivity index (χ2v) is 22.4. The van der Waals surface area contributed by atoms with Gasteiger partial charge in [0, 0.05) is 38.9 Å². The van der Waals surface area contributed by atoms with Crippen molar-refractivity contribution in [2.24, 2.45) is 0 Å². The molecule has 11 aromatic carbocycles. The Kier molecular flexibility index (Phi) is 8.67. The van der Waals surface area contributed by atoms with Gasteiger partial charge in [0.15, 0.2) is 5.58 Å². The largest absolute Gasteiger partial charge is 0.454 e. The number of nitrogens with zero attached hydrogens (tertiary/aromatic N) is 2. The van der Waals surface area contributed by atoms with Gasteiger partial charge in [0.05, 0.1) is 11.4 Å². The Morgan fingerprint density at radius 2 is 0.879 bits per heavy atom. The maximum Gasteiger partial charge on any atom is 0.159 e. The van der Waals surface area contributed by atoms with Crippen molar-refractivity contribution in [3.63, 3.8) is 0 Å². The molecule has 0 bridgehead atoms. The summed E-state index contributed by atoms with van der Waals surface area (Å²) in [6.07, 6.45) is 0. The van der Waals surface area contributed by atoms with Crippen LogP contribution in [0.4, 0.5) is 34.1 Å². The molecular weight excluding hydrogens is 817 g/mol. The van der Waals surface area contributed by atoms with Gasteiger partial charge in [-0.2, -0.15) is 0 Å². The fraction of sp³-hybridized carbons (Fsp3) is 0.0323. The molecule has 4 heteroatoms. The lowest BCUT2D eigenvalue weighted by molar-refractivity contribution is 0.669. The molecule has 0 N–H and O–H groups in total. The topological polar surface area (TPSA) is 19.6 Å². The summed E-state index contributed by atoms with van der Waals surface area (Å²) in [6, 6.07) is 84.3. The number of hydrogen-bond donors (Lipinski definition) is 0. The molecule has 0 aliphatic carbocycles. The van der Waals surface area contributed by atoms with Crippen LogP contribution in [0.5, 0.6) is 0 Å². The van der Waals surface area contributed by atoms with Crippen molar-refractivity contribution in [3.8, 4) is 22.3 Å². The summed E-state index contributed by atoms with van der Waals surface area (Å²) in [5.74, 6) is 0. The quantitative estimate of drug-likeness (QED) is 0.118. The van der Waals surface area contributed by atoms with E-state index in [1.807, 2.05) is 6.07 Å². The summed E-state index contributed by atoms with van der Waals surface area (Å²) in [7, 11) is -2.30. The lowest BCUT2D eigenvalue weighted by atomic mass is 9.89. The van der Waals surface area contributed by atoms with Crippen molar-refractivity contribution in [1.29, 1.82) is 0 Å². The van der Waals surface area contributed by atoms with Crippen molar-refractivity contribution in [3.05, 3.63) is 231 Å². The van der Waals surface area contributed by atoms with E-state index in [1.165, 1.54) is 64.9 Å². The van der Waals surface area contributed by atoms with E-state index >= 15 is 0 Å². The fourth-order valence-corrected chi connectivity index (χ4v) is 14.0. The van der Waals surface area contributed by atoms with Crippen LogP contribution in [0.15, 0.2) is 235 Å². The molecule has 0 spiro atoms. The van der Waals surface area contributed by atoms with Crippen LogP contribution in [0.2, 0.25) is 13.1 Å². The summed E-state index contributed by atoms with van der Waals surface area (Å²) >= 11 is 0. The second kappa shape index (κ2) is 14.9. The van der Waals surface area contributed by atoms with Crippen LogP contribution < -0.4 is 20.2 Å². The maximum absolute atomic E-state index is 6.68. The molecule has 66 heavy (non-hydrogen) atoms. The van der Waals surface area contributed by atoms with Crippen LogP contribution in [-0.2, 0) is 0 Å². The smallest absolute Gasteiger partial charge is 0.159 e. The number of anilines is 6. The molecule has 13 rings (SSSR count). The molecule has 0 unspecified atom stereocenters. The van der Waals surface area contributed by atoms with E-state index in [4.69, 9.17) is 4.42 Å². The minimum atomic E-state index is -2.30. The van der Waals surface area contributed by atoms with E-state index in [9.17, 15) is 0 Å². The van der Waals surface area contributed by atoms with E-state index in [0.29, 0.717) is 0 Å². The molecule has 0 atom stereocenters. The lowest BCUT2D eigenvalue weighted by Gasteiger charge is -2.36. The van der Waals surface area contributed by atoms with Crippen molar-refractivity contribution in [2.75, 3.05) is 9.80 Å². The molecule has 0 saturated carbocycles. The molecule has 1 aliphatic rings. The van der Waals surface area contributed by atoms with E-state index in [0.717, 1.165) is 56.1 Å². The SMILES string of the molecule is C[Si]1(C)c2cc(N(c3ccccc3)c3cccc4c3oc3ccccc34)ccc2-c2cc3c4ccccc4c(N(c4ccccc4)c4ccc(-c5ccccc5)cc4)cc3c3cccc1c23. The van der Waals surface area contributed by atoms with Gasteiger partial charge in [-0.25, -0.2) is 0 Å². The second-order valence-electron chi connectivity index (χ2n) is 18.1. The Hall–Kier alpha value is -8.18. The summed E-state index contributed by atoms with van der Waals surface area (Å²) in [6.45, 7) is 5.07. The first-order valence-corrected chi connectivity index (χ1v) is 25.8. The number of rotatable bonds is 7. The average molecular weight is 861 g/mol. The molecule has 0 saturated heterocycles. The van der Waals surface area contributed by atoms with Crippen LogP contribution >= 0.6 is 0 Å². The van der Waals surface area contributed by atoms with Gasteiger partial charge in [0.1, 0.15) is 13.7 Å². The zero-order chi connectivity index (χ0) is 43.9. The van der Waals surface area contributed by atoms with E-state index in [1.54, 1.807) is 0 Å². The van der Waals surface area contributed by atoms with Gasteiger partial charge in [-0.3, -0.25) is 0 Å². The first-order chi connectivity index (χ1) is 32.5. The third kappa shape index (κ3) is 5.89. The maximum atomic E-state index is 6.68. The van der Waals surface area contributed by atoms with Gasteiger partial charge >= 0.3 is 0 Å². The number of furan rings is 1. The van der Waals surface area contributed by atoms with Gasteiger partial charge in [0.25, 0.3) is 0 Å². The Morgan fingerprint density at radius 1 is 0.333 bits per heavy atom. The predicted molar refractivity (Wildman–Crippen MR) is 283 cm³/mol. The predicted octanol–water partition coefficient (Wildman–Crippen LogP) is 16.5. The summed E-state index contributed by atoms with van der Waals surface area (Å²) in [5, 5.41) is 12.8. The molecule has 12 aromatic rings. The molecule has 2 heterocycles. The molecule has 1 aliphatic heterocycles. The van der Waals surface area contributed by atoms with Gasteiger partial charge in [-0.15, -0.1) is 0 Å². The van der Waals surface area contributed by atoms with Crippen molar-refractivity contribution >= 4 is 107 Å². The highest BCUT2D eigenvalue weighted by molar-refractivity contribution is 7.03. The Labute approximate surface area is 385 Å². The summed E-state index contributed by atoms with van der Waals surface area (Å²) < 4.78 is 6.68. The lowest BCUT2D eigenvalue weighted by Crippen LogP contribution is -2.56. The van der Waals surface area contributed by atoms with Crippen molar-refractivity contribution in [1.82, 2.24) is 0 Å². The van der Waals surface area contributed by atoms with E-state index < -0.39 is 8.07 Å². The van der Waals surface area contributed by atoms with Gasteiger partial charge in [0.2, 0.25) is 0 Å². The Bertz CT molecular complexity index is 3840. The van der Waals surface area contributed by atoms with Crippen LogP contribution in [0, 0.1) is 0 Å². The normalized spacial score (nSPS) is 12.8. The number of benzene rings is 11. The first-order valence-electron chi connectivity index (χ1n) is 22.8. The van der Waals surface area contributed by atoms with Gasteiger partial charge in [-0.05, 0) is 132 Å². The highest BCUT2D eigenvalue weighted by Crippen LogP contribution is 2.48. The van der Waals surface area contributed by atoms with Gasteiger partial charge < -0.3 is 14.2 Å². The molecule has 1 aromatic heterocycles. The van der Waals surface area contributed by atoms with Crippen molar-refractivity contribution < 1.29 is 4.42 Å². The Morgan fingerprint density at radius 3 is 1.62 bits per heavy atom. The highest BCUT2D eigenvalue weighted by Gasteiger charge is 2.37. The zero-order valence-corrected chi connectivity index (χ0v) is 37.7. The molecule has 0 amide bonds. The van der Waals surface area contributed by atoms with Crippen LogP contribution in [-0.4, -0.2) is 8.07 Å². The summed E-state index contributed by atoms with van der Waals surface area (Å²) in [4.78, 5) is 4.82. The third-order valence-corrected chi connectivity index (χ3v) is 17.5. The standard InChI is InChI=1S/C62H44N2OSi/c1-66(2)59-31-17-27-51-54-40-57(63(43-20-8-4-9-21-43)45-34-32-42(33-35-45)41-18-6-3-7-19-41)48-25-13-12-24-47(48)53(54)39-55(61(51)59)50-37-36-46(38-60(50)66)64(44-22-10-5-11-23-44)56-29-16-28-52-49-26-14-15-30-58(49)65-62(52)56/h3-40H,1-2H3.